The molecule has 0 aromatic heterocycles. The van der Waals surface area contributed by atoms with Gasteiger partial charge in [0.1, 0.15) is 5.75 Å². The van der Waals surface area contributed by atoms with E-state index >= 15 is 0 Å². The van der Waals surface area contributed by atoms with Gasteiger partial charge >= 0.3 is 0 Å². The Morgan fingerprint density at radius 2 is 1.96 bits per heavy atom. The number of rotatable bonds is 1. The zero-order valence-corrected chi connectivity index (χ0v) is 14.1. The van der Waals surface area contributed by atoms with Crippen molar-refractivity contribution >= 4 is 11.5 Å². The molecule has 0 spiro atoms. The average Bonchev–Trinajstić information content (AvgIpc) is 2.70. The molecule has 2 N–H and O–H groups in total. The fourth-order valence-corrected chi connectivity index (χ4v) is 4.47. The quantitative estimate of drug-likeness (QED) is 0.831. The maximum atomic E-state index is 12.8. The number of nitrogens with zero attached hydrogens (tertiary/aromatic N) is 1. The van der Waals surface area contributed by atoms with Gasteiger partial charge in [-0.25, -0.2) is 0 Å². The van der Waals surface area contributed by atoms with E-state index in [-0.39, 0.29) is 23.5 Å². The molecule has 3 aliphatic rings. The number of benzene rings is 1. The normalized spacial score (nSPS) is 30.0. The fourth-order valence-electron chi connectivity index (χ4n) is 4.47. The molecule has 126 valence electrons. The summed E-state index contributed by atoms with van der Waals surface area (Å²) in [5.74, 6) is 0.452. The molecule has 24 heavy (non-hydrogen) atoms. The van der Waals surface area contributed by atoms with E-state index in [4.69, 9.17) is 4.99 Å². The van der Waals surface area contributed by atoms with Gasteiger partial charge < -0.3 is 10.4 Å². The van der Waals surface area contributed by atoms with Crippen molar-refractivity contribution in [3.05, 3.63) is 41.1 Å². The third kappa shape index (κ3) is 2.64. The van der Waals surface area contributed by atoms with Crippen LogP contribution in [0.15, 0.2) is 40.5 Å². The molecule has 0 amide bonds. The van der Waals surface area contributed by atoms with E-state index in [2.05, 4.69) is 5.32 Å². The number of para-hydroxylation sites is 1. The highest BCUT2D eigenvalue weighted by Crippen LogP contribution is 2.38. The smallest absolute Gasteiger partial charge is 0.167 e. The minimum absolute atomic E-state index is 0.0224. The van der Waals surface area contributed by atoms with Crippen molar-refractivity contribution in [3.63, 3.8) is 0 Å². The van der Waals surface area contributed by atoms with E-state index in [0.717, 1.165) is 41.8 Å². The summed E-state index contributed by atoms with van der Waals surface area (Å²) in [4.78, 5) is 17.9. The molecule has 1 aromatic carbocycles. The number of nitrogens with one attached hydrogen (secondary N) is 1. The number of hydrogen-bond donors (Lipinski definition) is 2. The molecule has 4 rings (SSSR count). The zero-order valence-electron chi connectivity index (χ0n) is 14.1. The number of ketones is 1. The SMILES string of the molecule is CC1=C2C(=O)C[C@H](c3ccccc3O)CC2=N[C@H]2CCCC[C@H]2N1. The third-order valence-electron chi connectivity index (χ3n) is 5.64. The van der Waals surface area contributed by atoms with Gasteiger partial charge in [0.25, 0.3) is 0 Å². The van der Waals surface area contributed by atoms with Crippen LogP contribution in [0.4, 0.5) is 0 Å². The van der Waals surface area contributed by atoms with Gasteiger partial charge in [-0.15, -0.1) is 0 Å². The van der Waals surface area contributed by atoms with Gasteiger partial charge in [0.05, 0.1) is 11.6 Å². The summed E-state index contributed by atoms with van der Waals surface area (Å²) in [7, 11) is 0. The van der Waals surface area contributed by atoms with Crippen molar-refractivity contribution in [1.29, 1.82) is 0 Å². The molecule has 3 atom stereocenters. The molecule has 4 nitrogen and oxygen atoms in total. The lowest BCUT2D eigenvalue weighted by molar-refractivity contribution is -0.115. The lowest BCUT2D eigenvalue weighted by Crippen LogP contribution is -2.39. The summed E-state index contributed by atoms with van der Waals surface area (Å²) in [5, 5.41) is 13.7. The monoisotopic (exact) mass is 324 g/mol. The number of aromatic hydroxyl groups is 1. The van der Waals surface area contributed by atoms with Gasteiger partial charge in [-0.05, 0) is 37.8 Å². The Balaban J connectivity index is 1.71. The Labute approximate surface area is 142 Å². The van der Waals surface area contributed by atoms with Crippen LogP contribution >= 0.6 is 0 Å². The van der Waals surface area contributed by atoms with Crippen LogP contribution in [0.5, 0.6) is 5.75 Å². The van der Waals surface area contributed by atoms with Crippen molar-refractivity contribution in [2.75, 3.05) is 0 Å². The number of phenols is 1. The van der Waals surface area contributed by atoms with Crippen LogP contribution in [0.1, 0.15) is 56.9 Å². The molecule has 0 saturated heterocycles. The molecule has 0 radical (unpaired) electrons. The van der Waals surface area contributed by atoms with E-state index in [9.17, 15) is 9.90 Å². The topological polar surface area (TPSA) is 61.7 Å². The maximum Gasteiger partial charge on any atom is 0.167 e. The van der Waals surface area contributed by atoms with Crippen molar-refractivity contribution in [1.82, 2.24) is 5.32 Å². The summed E-state index contributed by atoms with van der Waals surface area (Å²) in [6, 6.07) is 8.00. The predicted octanol–water partition coefficient (Wildman–Crippen LogP) is 3.47. The van der Waals surface area contributed by atoms with Gasteiger partial charge in [-0.2, -0.15) is 0 Å². The standard InChI is InChI=1S/C20H24N2O2/c1-12-20-17(22-16-8-4-3-7-15(16)21-12)10-13(11-19(20)24)14-6-2-5-9-18(14)23/h2,5-6,9,13,15-16,21,23H,3-4,7-8,10-11H2,1H3/t13-,15-,16+/m1/s1. The van der Waals surface area contributed by atoms with E-state index in [1.807, 2.05) is 25.1 Å². The highest BCUT2D eigenvalue weighted by Gasteiger charge is 2.36. The van der Waals surface area contributed by atoms with Crippen LogP contribution in [-0.4, -0.2) is 28.7 Å². The van der Waals surface area contributed by atoms with Crippen molar-refractivity contribution in [2.24, 2.45) is 4.99 Å². The first-order valence-electron chi connectivity index (χ1n) is 8.99. The van der Waals surface area contributed by atoms with Crippen LogP contribution in [0.2, 0.25) is 0 Å². The average molecular weight is 324 g/mol. The molecule has 2 saturated carbocycles. The number of fused-ring (bicyclic) bond motifs is 2. The molecule has 1 heterocycles. The number of hydrogen-bond acceptors (Lipinski definition) is 4. The summed E-state index contributed by atoms with van der Waals surface area (Å²) in [5.41, 5.74) is 3.60. The number of Topliss-reactive ketones (excluding diaryl/α,β-unsaturated/α-hetero) is 1. The second kappa shape index (κ2) is 6.08. The Hall–Kier alpha value is -2.10. The van der Waals surface area contributed by atoms with E-state index in [0.29, 0.717) is 12.5 Å². The van der Waals surface area contributed by atoms with Gasteiger partial charge in [0.2, 0.25) is 0 Å². The summed E-state index contributed by atoms with van der Waals surface area (Å²) >= 11 is 0. The zero-order chi connectivity index (χ0) is 16.7. The van der Waals surface area contributed by atoms with Crippen molar-refractivity contribution in [2.45, 2.75) is 63.5 Å². The van der Waals surface area contributed by atoms with Gasteiger partial charge in [-0.1, -0.05) is 31.0 Å². The number of allylic oxidation sites excluding steroid dienone is 2. The highest BCUT2D eigenvalue weighted by molar-refractivity contribution is 6.25. The molecular weight excluding hydrogens is 300 g/mol. The molecular formula is C20H24N2O2. The Bertz CT molecular complexity index is 735. The first-order chi connectivity index (χ1) is 11.6. The first kappa shape index (κ1) is 15.4. The third-order valence-corrected chi connectivity index (χ3v) is 5.64. The summed E-state index contributed by atoms with van der Waals surface area (Å²) in [6.07, 6.45) is 5.85. The molecule has 2 fully saturated rings. The van der Waals surface area contributed by atoms with Gasteiger partial charge in [0.15, 0.2) is 5.78 Å². The number of carbonyl (C=O) groups excluding carboxylic acids is 1. The minimum atomic E-state index is 0.0224. The van der Waals surface area contributed by atoms with E-state index < -0.39 is 0 Å². The molecule has 4 heteroatoms. The number of phenolic OH excluding ortho intramolecular Hbond substituents is 1. The second-order valence-corrected chi connectivity index (χ2v) is 7.27. The Morgan fingerprint density at radius 3 is 2.79 bits per heavy atom. The van der Waals surface area contributed by atoms with Crippen LogP contribution in [-0.2, 0) is 4.79 Å². The van der Waals surface area contributed by atoms with Crippen LogP contribution < -0.4 is 5.32 Å². The minimum Gasteiger partial charge on any atom is -0.508 e. The van der Waals surface area contributed by atoms with Gasteiger partial charge in [-0.3, -0.25) is 9.79 Å². The number of aliphatic imine (C=N–C) groups is 1. The van der Waals surface area contributed by atoms with Crippen LogP contribution in [0.3, 0.4) is 0 Å². The lowest BCUT2D eigenvalue weighted by atomic mass is 9.78. The molecule has 0 unspecified atom stereocenters. The lowest BCUT2D eigenvalue weighted by Gasteiger charge is -2.29. The fraction of sp³-hybridized carbons (Fsp3) is 0.500. The van der Waals surface area contributed by atoms with Crippen molar-refractivity contribution < 1.29 is 9.90 Å². The first-order valence-corrected chi connectivity index (χ1v) is 8.99. The Kier molecular flexibility index (Phi) is 3.91. The second-order valence-electron chi connectivity index (χ2n) is 7.27. The largest absolute Gasteiger partial charge is 0.508 e. The number of carbonyl (C=O) groups is 1. The van der Waals surface area contributed by atoms with E-state index in [1.165, 1.54) is 12.8 Å². The maximum absolute atomic E-state index is 12.8. The molecule has 2 aliphatic carbocycles. The molecule has 1 aromatic rings. The van der Waals surface area contributed by atoms with E-state index in [1.54, 1.807) is 6.07 Å². The Morgan fingerprint density at radius 1 is 1.17 bits per heavy atom. The molecule has 1 aliphatic heterocycles. The molecule has 0 bridgehead atoms. The summed E-state index contributed by atoms with van der Waals surface area (Å²) < 4.78 is 0. The predicted molar refractivity (Wildman–Crippen MR) is 94.4 cm³/mol. The van der Waals surface area contributed by atoms with Crippen LogP contribution in [0, 0.1) is 0 Å². The summed E-state index contributed by atoms with van der Waals surface area (Å²) in [6.45, 7) is 2.01. The van der Waals surface area contributed by atoms with Crippen LogP contribution in [0.25, 0.3) is 0 Å². The highest BCUT2D eigenvalue weighted by atomic mass is 16.3. The van der Waals surface area contributed by atoms with Gasteiger partial charge in [0, 0.05) is 29.8 Å². The van der Waals surface area contributed by atoms with Crippen molar-refractivity contribution in [3.8, 4) is 5.75 Å².